The molecular formula is C16H32N2O. The van der Waals surface area contributed by atoms with Crippen LogP contribution in [0.1, 0.15) is 52.4 Å². The second kappa shape index (κ2) is 8.23. The minimum absolute atomic E-state index is 0.503. The van der Waals surface area contributed by atoms with Crippen molar-refractivity contribution in [3.05, 3.63) is 0 Å². The second-order valence-corrected chi connectivity index (χ2v) is 6.24. The molecule has 0 spiro atoms. The smallest absolute Gasteiger partial charge is 0.0702 e. The molecule has 1 aliphatic heterocycles. The van der Waals surface area contributed by atoms with Gasteiger partial charge >= 0.3 is 0 Å². The lowest BCUT2D eigenvalue weighted by Crippen LogP contribution is -2.42. The van der Waals surface area contributed by atoms with E-state index >= 15 is 0 Å². The van der Waals surface area contributed by atoms with Crippen molar-refractivity contribution in [3.8, 4) is 0 Å². The highest BCUT2D eigenvalue weighted by molar-refractivity contribution is 4.85. The molecule has 1 heterocycles. The van der Waals surface area contributed by atoms with E-state index in [9.17, 15) is 0 Å². The van der Waals surface area contributed by atoms with E-state index in [4.69, 9.17) is 4.74 Å². The van der Waals surface area contributed by atoms with Crippen molar-refractivity contribution < 1.29 is 4.74 Å². The number of hydrogen-bond acceptors (Lipinski definition) is 3. The molecular weight excluding hydrogens is 236 g/mol. The first-order valence-corrected chi connectivity index (χ1v) is 8.40. The average Bonchev–Trinajstić information content (AvgIpc) is 3.07. The zero-order valence-electron chi connectivity index (χ0n) is 12.9. The molecule has 1 saturated carbocycles. The zero-order valence-corrected chi connectivity index (χ0v) is 12.9. The van der Waals surface area contributed by atoms with E-state index in [-0.39, 0.29) is 0 Å². The van der Waals surface area contributed by atoms with E-state index in [0.29, 0.717) is 6.10 Å². The number of nitrogens with one attached hydrogen (secondary N) is 1. The van der Waals surface area contributed by atoms with Gasteiger partial charge in [-0.1, -0.05) is 20.3 Å². The van der Waals surface area contributed by atoms with Gasteiger partial charge in [-0.2, -0.15) is 0 Å². The fourth-order valence-corrected chi connectivity index (χ4v) is 3.59. The van der Waals surface area contributed by atoms with Crippen LogP contribution >= 0.6 is 0 Å². The van der Waals surface area contributed by atoms with Crippen molar-refractivity contribution in [2.24, 2.45) is 5.92 Å². The molecule has 3 atom stereocenters. The molecule has 0 aromatic rings. The molecule has 3 heteroatoms. The van der Waals surface area contributed by atoms with Gasteiger partial charge in [0.25, 0.3) is 0 Å². The van der Waals surface area contributed by atoms with E-state index in [1.807, 2.05) is 0 Å². The second-order valence-electron chi connectivity index (χ2n) is 6.24. The Balaban J connectivity index is 1.75. The van der Waals surface area contributed by atoms with Gasteiger partial charge in [-0.05, 0) is 51.1 Å². The van der Waals surface area contributed by atoms with Crippen LogP contribution in [0, 0.1) is 5.92 Å². The predicted octanol–water partition coefficient (Wildman–Crippen LogP) is 2.66. The van der Waals surface area contributed by atoms with Gasteiger partial charge in [-0.15, -0.1) is 0 Å². The van der Waals surface area contributed by atoms with Crippen LogP contribution in [0.2, 0.25) is 0 Å². The van der Waals surface area contributed by atoms with Gasteiger partial charge in [0.2, 0.25) is 0 Å². The molecule has 2 fully saturated rings. The van der Waals surface area contributed by atoms with Crippen LogP contribution in [-0.4, -0.2) is 49.8 Å². The van der Waals surface area contributed by atoms with E-state index in [2.05, 4.69) is 24.1 Å². The fraction of sp³-hybridized carbons (Fsp3) is 1.00. The van der Waals surface area contributed by atoms with Crippen LogP contribution in [0.4, 0.5) is 0 Å². The van der Waals surface area contributed by atoms with Gasteiger partial charge in [0.05, 0.1) is 6.10 Å². The van der Waals surface area contributed by atoms with Crippen LogP contribution in [0.15, 0.2) is 0 Å². The third-order valence-corrected chi connectivity index (χ3v) is 4.74. The van der Waals surface area contributed by atoms with Crippen LogP contribution < -0.4 is 5.32 Å². The van der Waals surface area contributed by atoms with Gasteiger partial charge < -0.3 is 15.0 Å². The maximum absolute atomic E-state index is 5.78. The molecule has 112 valence electrons. The van der Waals surface area contributed by atoms with Gasteiger partial charge in [-0.25, -0.2) is 0 Å². The van der Waals surface area contributed by atoms with Gasteiger partial charge in [0.1, 0.15) is 0 Å². The largest absolute Gasteiger partial charge is 0.377 e. The topological polar surface area (TPSA) is 24.5 Å². The summed E-state index contributed by atoms with van der Waals surface area (Å²) in [5.41, 5.74) is 0. The van der Waals surface area contributed by atoms with E-state index in [1.54, 1.807) is 0 Å². The Labute approximate surface area is 119 Å². The Kier molecular flexibility index (Phi) is 6.62. The summed E-state index contributed by atoms with van der Waals surface area (Å²) >= 11 is 0. The first kappa shape index (κ1) is 15.3. The highest BCUT2D eigenvalue weighted by Gasteiger charge is 2.29. The number of nitrogens with zero attached hydrogens (tertiary/aromatic N) is 1. The number of ether oxygens (including phenoxy) is 1. The number of hydrogen-bond donors (Lipinski definition) is 1. The third kappa shape index (κ3) is 4.73. The van der Waals surface area contributed by atoms with Crippen LogP contribution in [0.5, 0.6) is 0 Å². The summed E-state index contributed by atoms with van der Waals surface area (Å²) < 4.78 is 5.78. The van der Waals surface area contributed by atoms with Crippen molar-refractivity contribution in [3.63, 3.8) is 0 Å². The van der Waals surface area contributed by atoms with E-state index in [0.717, 1.165) is 31.7 Å². The van der Waals surface area contributed by atoms with E-state index < -0.39 is 0 Å². The Bertz CT molecular complexity index is 241. The van der Waals surface area contributed by atoms with Crippen molar-refractivity contribution in [1.82, 2.24) is 10.2 Å². The normalized spacial score (nSPS) is 31.4. The predicted molar refractivity (Wildman–Crippen MR) is 80.5 cm³/mol. The lowest BCUT2D eigenvalue weighted by Gasteiger charge is -2.29. The molecule has 2 rings (SSSR count). The summed E-state index contributed by atoms with van der Waals surface area (Å²) in [6.07, 6.45) is 8.46. The van der Waals surface area contributed by atoms with Crippen LogP contribution in [0.25, 0.3) is 0 Å². The molecule has 0 aromatic carbocycles. The van der Waals surface area contributed by atoms with Crippen molar-refractivity contribution in [2.45, 2.75) is 64.5 Å². The Hall–Kier alpha value is -0.120. The molecule has 3 unspecified atom stereocenters. The lowest BCUT2D eigenvalue weighted by atomic mass is 10.0. The van der Waals surface area contributed by atoms with Crippen molar-refractivity contribution in [2.75, 3.05) is 32.8 Å². The first-order valence-electron chi connectivity index (χ1n) is 8.40. The summed E-state index contributed by atoms with van der Waals surface area (Å²) in [6, 6.07) is 0.762. The van der Waals surface area contributed by atoms with Crippen LogP contribution in [0.3, 0.4) is 0 Å². The molecule has 1 aliphatic carbocycles. The molecule has 0 bridgehead atoms. The Morgan fingerprint density at radius 3 is 2.68 bits per heavy atom. The minimum Gasteiger partial charge on any atom is -0.377 e. The van der Waals surface area contributed by atoms with Crippen LogP contribution in [-0.2, 0) is 4.74 Å². The molecule has 1 saturated heterocycles. The molecule has 2 aliphatic rings. The average molecular weight is 268 g/mol. The third-order valence-electron chi connectivity index (χ3n) is 4.74. The molecule has 1 N–H and O–H groups in total. The molecule has 3 nitrogen and oxygen atoms in total. The first-order chi connectivity index (χ1) is 9.33. The molecule has 0 aromatic heterocycles. The lowest BCUT2D eigenvalue weighted by molar-refractivity contribution is 0.0680. The molecule has 0 radical (unpaired) electrons. The van der Waals surface area contributed by atoms with Crippen molar-refractivity contribution >= 4 is 0 Å². The maximum Gasteiger partial charge on any atom is 0.0702 e. The summed E-state index contributed by atoms with van der Waals surface area (Å²) in [5, 5.41) is 3.75. The number of likely N-dealkylation sites (N-methyl/N-ethyl adjacent to an activating group) is 1. The molecule has 0 amide bonds. The summed E-state index contributed by atoms with van der Waals surface area (Å²) in [6.45, 7) is 10.3. The molecule has 19 heavy (non-hydrogen) atoms. The number of rotatable bonds is 8. The van der Waals surface area contributed by atoms with Gasteiger partial charge in [0, 0.05) is 25.7 Å². The summed E-state index contributed by atoms with van der Waals surface area (Å²) in [7, 11) is 0. The quantitative estimate of drug-likeness (QED) is 0.732. The van der Waals surface area contributed by atoms with Crippen molar-refractivity contribution in [1.29, 1.82) is 0 Å². The summed E-state index contributed by atoms with van der Waals surface area (Å²) in [4.78, 5) is 2.62. The highest BCUT2D eigenvalue weighted by Crippen LogP contribution is 2.27. The standard InChI is InChI=1S/C16H32N2O/c1-3-10-17-16-9-5-7-14(16)12-18(4-2)13-15-8-6-11-19-15/h14-17H,3-13H2,1-2H3. The minimum atomic E-state index is 0.503. The van der Waals surface area contributed by atoms with Gasteiger partial charge in [0.15, 0.2) is 0 Å². The SMILES string of the molecule is CCCNC1CCCC1CN(CC)CC1CCCO1. The highest BCUT2D eigenvalue weighted by atomic mass is 16.5. The Morgan fingerprint density at radius 1 is 1.11 bits per heavy atom. The monoisotopic (exact) mass is 268 g/mol. The van der Waals surface area contributed by atoms with Gasteiger partial charge in [-0.3, -0.25) is 0 Å². The fourth-order valence-electron chi connectivity index (χ4n) is 3.59. The Morgan fingerprint density at radius 2 is 2.00 bits per heavy atom. The zero-order chi connectivity index (χ0) is 13.5. The summed E-state index contributed by atoms with van der Waals surface area (Å²) in [5.74, 6) is 0.855. The maximum atomic E-state index is 5.78. The van der Waals surface area contributed by atoms with E-state index in [1.165, 1.54) is 51.6 Å².